The molecule has 0 aromatic carbocycles. The van der Waals surface area contributed by atoms with Crippen LogP contribution in [-0.4, -0.2) is 17.0 Å². The predicted molar refractivity (Wildman–Crippen MR) is 72.9 cm³/mol. The number of hydrogen-bond acceptors (Lipinski definition) is 2. The molecule has 1 aromatic heterocycles. The number of unbranched alkanes of at least 4 members (excludes halogenated alkanes) is 1. The van der Waals surface area contributed by atoms with Crippen LogP contribution in [0, 0.1) is 0 Å². The van der Waals surface area contributed by atoms with Crippen molar-refractivity contribution in [1.82, 2.24) is 9.88 Å². The first-order valence-electron chi connectivity index (χ1n) is 6.26. The van der Waals surface area contributed by atoms with Gasteiger partial charge in [-0.25, -0.2) is 0 Å². The summed E-state index contributed by atoms with van der Waals surface area (Å²) in [6, 6.07) is 3.02. The van der Waals surface area contributed by atoms with E-state index in [0.29, 0.717) is 24.5 Å². The molecule has 18 heavy (non-hydrogen) atoms. The fourth-order valence-corrected chi connectivity index (χ4v) is 1.76. The van der Waals surface area contributed by atoms with Crippen molar-refractivity contribution in [2.24, 2.45) is 0 Å². The summed E-state index contributed by atoms with van der Waals surface area (Å²) in [5.74, 6) is 0.0790. The van der Waals surface area contributed by atoms with Crippen LogP contribution in [0.1, 0.15) is 32.6 Å². The predicted octanol–water partition coefficient (Wildman–Crippen LogP) is 2.20. The molecule has 0 atom stereocenters. The molecule has 0 aliphatic carbocycles. The Kier molecular flexibility index (Phi) is 6.50. The fraction of sp³-hybridized carbons (Fsp3) is 0.538. The van der Waals surface area contributed by atoms with Gasteiger partial charge < -0.3 is 9.88 Å². The lowest BCUT2D eigenvalue weighted by Gasteiger charge is -2.07. The molecular formula is C13H19ClN2O2. The van der Waals surface area contributed by atoms with Crippen LogP contribution in [0.25, 0.3) is 0 Å². The highest BCUT2D eigenvalue weighted by Gasteiger charge is 2.00. The van der Waals surface area contributed by atoms with E-state index in [1.165, 1.54) is 6.07 Å². The summed E-state index contributed by atoms with van der Waals surface area (Å²) < 4.78 is 1.56. The molecule has 1 heterocycles. The number of aryl methyl sites for hydroxylation is 1. The Morgan fingerprint density at radius 3 is 2.89 bits per heavy atom. The van der Waals surface area contributed by atoms with Crippen LogP contribution in [0.15, 0.2) is 23.1 Å². The van der Waals surface area contributed by atoms with Crippen LogP contribution in [0.5, 0.6) is 0 Å². The average molecular weight is 271 g/mol. The molecule has 1 N–H and O–H groups in total. The third-order valence-corrected chi connectivity index (χ3v) is 2.83. The van der Waals surface area contributed by atoms with Gasteiger partial charge in [-0.05, 0) is 18.9 Å². The van der Waals surface area contributed by atoms with E-state index in [-0.39, 0.29) is 11.5 Å². The molecule has 0 aliphatic heterocycles. The van der Waals surface area contributed by atoms with E-state index in [1.54, 1.807) is 16.8 Å². The smallest absolute Gasteiger partial charge is 0.250 e. The normalized spacial score (nSPS) is 10.3. The van der Waals surface area contributed by atoms with E-state index in [9.17, 15) is 9.59 Å². The Bertz CT molecular complexity index is 443. The zero-order valence-electron chi connectivity index (χ0n) is 10.6. The Balaban J connectivity index is 2.27. The summed E-state index contributed by atoms with van der Waals surface area (Å²) in [6.45, 7) is 3.20. The Morgan fingerprint density at radius 2 is 2.17 bits per heavy atom. The molecule has 0 fully saturated rings. The molecule has 0 radical (unpaired) electrons. The number of nitrogens with zero attached hydrogens (tertiary/aromatic N) is 1. The van der Waals surface area contributed by atoms with Gasteiger partial charge in [0.05, 0.1) is 5.02 Å². The van der Waals surface area contributed by atoms with Crippen LogP contribution in [-0.2, 0) is 11.3 Å². The molecule has 1 rings (SSSR count). The van der Waals surface area contributed by atoms with Crippen molar-refractivity contribution in [2.75, 3.05) is 6.54 Å². The number of amides is 1. The van der Waals surface area contributed by atoms with Crippen molar-refractivity contribution >= 4 is 17.5 Å². The van der Waals surface area contributed by atoms with Crippen LogP contribution in [0.3, 0.4) is 0 Å². The summed E-state index contributed by atoms with van der Waals surface area (Å²) in [5.41, 5.74) is -0.0725. The lowest BCUT2D eigenvalue weighted by molar-refractivity contribution is -0.121. The van der Waals surface area contributed by atoms with Crippen LogP contribution < -0.4 is 10.9 Å². The summed E-state index contributed by atoms with van der Waals surface area (Å²) in [7, 11) is 0. The van der Waals surface area contributed by atoms with Gasteiger partial charge in [0.25, 0.3) is 5.56 Å². The molecule has 0 spiro atoms. The number of pyridine rings is 1. The van der Waals surface area contributed by atoms with Crippen molar-refractivity contribution in [3.8, 4) is 0 Å². The van der Waals surface area contributed by atoms with Crippen molar-refractivity contribution in [2.45, 2.75) is 39.2 Å². The minimum Gasteiger partial charge on any atom is -0.356 e. The van der Waals surface area contributed by atoms with Crippen LogP contribution in [0.4, 0.5) is 0 Å². The topological polar surface area (TPSA) is 51.1 Å². The van der Waals surface area contributed by atoms with Gasteiger partial charge in [0.15, 0.2) is 0 Å². The number of carbonyl (C=O) groups excluding carboxylic acids is 1. The summed E-state index contributed by atoms with van der Waals surface area (Å²) in [4.78, 5) is 22.8. The maximum atomic E-state index is 11.5. The highest BCUT2D eigenvalue weighted by atomic mass is 35.5. The lowest BCUT2D eigenvalue weighted by Crippen LogP contribution is -2.26. The molecular weight excluding hydrogens is 252 g/mol. The second-order valence-corrected chi connectivity index (χ2v) is 4.62. The van der Waals surface area contributed by atoms with E-state index < -0.39 is 0 Å². The SMILES string of the molecule is CCCCC(=O)NCCCn1cc(Cl)ccc1=O. The van der Waals surface area contributed by atoms with Gasteiger partial charge in [-0.3, -0.25) is 9.59 Å². The van der Waals surface area contributed by atoms with Gasteiger partial charge in [-0.15, -0.1) is 0 Å². The first-order chi connectivity index (χ1) is 8.63. The molecule has 1 amide bonds. The van der Waals surface area contributed by atoms with Crippen LogP contribution >= 0.6 is 11.6 Å². The molecule has 5 heteroatoms. The lowest BCUT2D eigenvalue weighted by atomic mass is 10.2. The van der Waals surface area contributed by atoms with E-state index in [1.807, 2.05) is 0 Å². The highest BCUT2D eigenvalue weighted by molar-refractivity contribution is 6.30. The van der Waals surface area contributed by atoms with Crippen molar-refractivity contribution in [3.63, 3.8) is 0 Å². The van der Waals surface area contributed by atoms with Crippen molar-refractivity contribution in [3.05, 3.63) is 33.7 Å². The van der Waals surface area contributed by atoms with Crippen LogP contribution in [0.2, 0.25) is 5.02 Å². The zero-order valence-corrected chi connectivity index (χ0v) is 11.4. The Hall–Kier alpha value is -1.29. The third kappa shape index (κ3) is 5.36. The number of aromatic nitrogens is 1. The first-order valence-corrected chi connectivity index (χ1v) is 6.64. The molecule has 4 nitrogen and oxygen atoms in total. The second-order valence-electron chi connectivity index (χ2n) is 4.19. The average Bonchev–Trinajstić information content (AvgIpc) is 2.36. The largest absolute Gasteiger partial charge is 0.356 e. The van der Waals surface area contributed by atoms with E-state index in [2.05, 4.69) is 12.2 Å². The fourth-order valence-electron chi connectivity index (χ4n) is 1.58. The molecule has 1 aromatic rings. The van der Waals surface area contributed by atoms with E-state index in [4.69, 9.17) is 11.6 Å². The second kappa shape index (κ2) is 7.93. The third-order valence-electron chi connectivity index (χ3n) is 2.60. The minimum absolute atomic E-state index is 0.0725. The maximum absolute atomic E-state index is 11.5. The maximum Gasteiger partial charge on any atom is 0.250 e. The zero-order chi connectivity index (χ0) is 13.4. The van der Waals surface area contributed by atoms with Gasteiger partial charge in [-0.2, -0.15) is 0 Å². The van der Waals surface area contributed by atoms with E-state index >= 15 is 0 Å². The summed E-state index contributed by atoms with van der Waals surface area (Å²) >= 11 is 5.81. The molecule has 0 aliphatic rings. The first kappa shape index (κ1) is 14.8. The van der Waals surface area contributed by atoms with Gasteiger partial charge in [0.1, 0.15) is 0 Å². The van der Waals surface area contributed by atoms with Gasteiger partial charge in [0.2, 0.25) is 5.91 Å². The van der Waals surface area contributed by atoms with Gasteiger partial charge >= 0.3 is 0 Å². The van der Waals surface area contributed by atoms with E-state index in [0.717, 1.165) is 19.3 Å². The highest BCUT2D eigenvalue weighted by Crippen LogP contribution is 2.03. The van der Waals surface area contributed by atoms with Crippen molar-refractivity contribution in [1.29, 1.82) is 0 Å². The molecule has 100 valence electrons. The molecule has 0 saturated heterocycles. The molecule has 0 saturated carbocycles. The van der Waals surface area contributed by atoms with Gasteiger partial charge in [-0.1, -0.05) is 24.9 Å². The monoisotopic (exact) mass is 270 g/mol. The summed E-state index contributed by atoms with van der Waals surface area (Å²) in [6.07, 6.45) is 4.85. The number of rotatable bonds is 7. The van der Waals surface area contributed by atoms with Gasteiger partial charge in [0, 0.05) is 31.8 Å². The Labute approximate surface area is 112 Å². The standard InChI is InChI=1S/C13H19ClN2O2/c1-2-3-5-12(17)15-8-4-9-16-10-11(14)6-7-13(16)18/h6-7,10H,2-5,8-9H2,1H3,(H,15,17). The molecule has 0 unspecified atom stereocenters. The molecule has 0 bridgehead atoms. The Morgan fingerprint density at radius 1 is 1.39 bits per heavy atom. The minimum atomic E-state index is -0.0725. The van der Waals surface area contributed by atoms with Crippen molar-refractivity contribution < 1.29 is 4.79 Å². The quantitative estimate of drug-likeness (QED) is 0.772. The number of carbonyl (C=O) groups is 1. The summed E-state index contributed by atoms with van der Waals surface area (Å²) in [5, 5.41) is 3.38. The number of halogens is 1. The number of hydrogen-bond donors (Lipinski definition) is 1. The number of nitrogens with one attached hydrogen (secondary N) is 1.